The number of benzene rings is 2. The molecule has 5 atom stereocenters. The third kappa shape index (κ3) is 4.15. The maximum absolute atomic E-state index is 13.2. The smallest absolute Gasteiger partial charge is 0.316 e. The number of hydrogen-bond acceptors (Lipinski definition) is 5. The lowest BCUT2D eigenvalue weighted by molar-refractivity contribution is -0.131. The zero-order valence-corrected chi connectivity index (χ0v) is 21.8. The maximum Gasteiger partial charge on any atom is 0.316 e. The van der Waals surface area contributed by atoms with E-state index >= 15 is 0 Å². The zero-order chi connectivity index (χ0) is 25.4. The number of fused-ring (bicyclic) bond motifs is 1. The van der Waals surface area contributed by atoms with Gasteiger partial charge < -0.3 is 15.2 Å². The quantitative estimate of drug-likeness (QED) is 0.436. The van der Waals surface area contributed by atoms with Gasteiger partial charge in [0.05, 0.1) is 25.2 Å². The van der Waals surface area contributed by atoms with Crippen molar-refractivity contribution in [2.45, 2.75) is 44.1 Å². The molecule has 2 aromatic carbocycles. The summed E-state index contributed by atoms with van der Waals surface area (Å²) < 4.78 is 5.06. The van der Waals surface area contributed by atoms with Gasteiger partial charge in [-0.15, -0.1) is 0 Å². The van der Waals surface area contributed by atoms with Crippen LogP contribution in [-0.2, 0) is 4.79 Å². The van der Waals surface area contributed by atoms with E-state index in [0.717, 1.165) is 41.5 Å². The van der Waals surface area contributed by atoms with Crippen molar-refractivity contribution < 1.29 is 14.6 Å². The summed E-state index contributed by atoms with van der Waals surface area (Å²) in [5, 5.41) is 14.7. The number of nitrogens with one attached hydrogen (secondary N) is 1. The second-order valence-electron chi connectivity index (χ2n) is 9.72. The molecule has 1 amide bonds. The van der Waals surface area contributed by atoms with Crippen molar-refractivity contribution in [3.05, 3.63) is 76.0 Å². The first-order chi connectivity index (χ1) is 17.4. The van der Waals surface area contributed by atoms with Crippen LogP contribution in [0.3, 0.4) is 0 Å². The molecule has 0 bridgehead atoms. The fourth-order valence-corrected chi connectivity index (χ4v) is 6.89. The first kappa shape index (κ1) is 25.0. The van der Waals surface area contributed by atoms with E-state index in [1.807, 2.05) is 36.4 Å². The molecule has 1 aliphatic carbocycles. The van der Waals surface area contributed by atoms with Gasteiger partial charge in [0.1, 0.15) is 0 Å². The fourth-order valence-electron chi connectivity index (χ4n) is 6.44. The van der Waals surface area contributed by atoms with Crippen molar-refractivity contribution in [3.63, 3.8) is 0 Å². The number of carbonyl (C=O) groups is 1. The monoisotopic (exact) mass is 525 g/mol. The largest absolute Gasteiger partial charge is 0.467 e. The Hall–Kier alpha value is -2.67. The number of ether oxygens (including phenoxy) is 1. The lowest BCUT2D eigenvalue weighted by atomic mass is 9.54. The van der Waals surface area contributed by atoms with Crippen molar-refractivity contribution in [2.75, 3.05) is 13.7 Å². The number of aromatic nitrogens is 2. The number of halogens is 2. The summed E-state index contributed by atoms with van der Waals surface area (Å²) in [5.41, 5.74) is 3.39. The average Bonchev–Trinajstić information content (AvgIpc) is 3.20. The third-order valence-corrected chi connectivity index (χ3v) is 8.77. The Morgan fingerprint density at radius 1 is 1.11 bits per heavy atom. The summed E-state index contributed by atoms with van der Waals surface area (Å²) in [7, 11) is 1.53. The van der Waals surface area contributed by atoms with Crippen LogP contribution in [-0.4, -0.2) is 40.7 Å². The van der Waals surface area contributed by atoms with Gasteiger partial charge in [-0.25, -0.2) is 9.97 Å². The van der Waals surface area contributed by atoms with E-state index in [2.05, 4.69) is 28.3 Å². The summed E-state index contributed by atoms with van der Waals surface area (Å²) in [6.07, 6.45) is 5.71. The maximum atomic E-state index is 13.2. The number of rotatable bonds is 6. The summed E-state index contributed by atoms with van der Waals surface area (Å²) in [6, 6.07) is 13.9. The van der Waals surface area contributed by atoms with Gasteiger partial charge in [0.15, 0.2) is 0 Å². The van der Waals surface area contributed by atoms with E-state index < -0.39 is 5.41 Å². The standard InChI is InChI=1S/C28H29Cl2N3O3/c1-3-28-11-10-21(20-9-6-17(12-22(20)30)18-13-31-27(36-2)32-14-18)24(16-4-7-19(29)8-5-16)25(28)23(15-34)33-26(28)35/h4-9,12-14,21,23-25,34H,3,10-11,15H2,1-2H3,(H,33,35)/t21-,23+,24-,25-,28+/m0/s1. The molecule has 3 aromatic rings. The minimum Gasteiger partial charge on any atom is -0.467 e. The van der Waals surface area contributed by atoms with Crippen LogP contribution >= 0.6 is 23.2 Å². The molecule has 1 saturated heterocycles. The number of amides is 1. The van der Waals surface area contributed by atoms with E-state index in [9.17, 15) is 9.90 Å². The highest BCUT2D eigenvalue weighted by Crippen LogP contribution is 2.60. The van der Waals surface area contributed by atoms with Gasteiger partial charge in [-0.3, -0.25) is 4.79 Å². The minimum absolute atomic E-state index is 0.0141. The molecular formula is C28H29Cl2N3O3. The van der Waals surface area contributed by atoms with Crippen LogP contribution in [0.2, 0.25) is 10.0 Å². The van der Waals surface area contributed by atoms with Gasteiger partial charge in [-0.05, 0) is 66.0 Å². The molecule has 1 aliphatic heterocycles. The predicted molar refractivity (Wildman–Crippen MR) is 140 cm³/mol. The molecule has 1 aromatic heterocycles. The van der Waals surface area contributed by atoms with Crippen LogP contribution in [0, 0.1) is 11.3 Å². The topological polar surface area (TPSA) is 84.3 Å². The highest BCUT2D eigenvalue weighted by molar-refractivity contribution is 6.31. The second kappa shape index (κ2) is 10.0. The van der Waals surface area contributed by atoms with E-state index in [0.29, 0.717) is 16.1 Å². The number of carbonyl (C=O) groups excluding carboxylic acids is 1. The summed E-state index contributed by atoms with van der Waals surface area (Å²) in [5.74, 6) is 0.0454. The lowest BCUT2D eigenvalue weighted by Gasteiger charge is -2.48. The summed E-state index contributed by atoms with van der Waals surface area (Å²) in [6.45, 7) is 1.98. The number of nitrogens with zero attached hydrogens (tertiary/aromatic N) is 2. The van der Waals surface area contributed by atoms with Gasteiger partial charge in [-0.1, -0.05) is 54.4 Å². The number of hydrogen-bond donors (Lipinski definition) is 2. The highest BCUT2D eigenvalue weighted by atomic mass is 35.5. The van der Waals surface area contributed by atoms with Gasteiger partial charge in [-0.2, -0.15) is 0 Å². The highest BCUT2D eigenvalue weighted by Gasteiger charge is 2.60. The SMILES string of the molecule is CC[C@@]12CC[C@@H](c3ccc(-c4cnc(OC)nc4)cc3Cl)[C@H](c3ccc(Cl)cc3)[C@@H]1[C@@H](CO)NC2=O. The Morgan fingerprint density at radius 2 is 1.83 bits per heavy atom. The van der Waals surface area contributed by atoms with E-state index in [1.165, 1.54) is 7.11 Å². The molecule has 5 rings (SSSR count). The van der Waals surface area contributed by atoms with Crippen LogP contribution in [0.15, 0.2) is 54.9 Å². The molecule has 188 valence electrons. The predicted octanol–water partition coefficient (Wildman–Crippen LogP) is 5.62. The molecule has 2 N–H and O–H groups in total. The van der Waals surface area contributed by atoms with Crippen molar-refractivity contribution in [1.29, 1.82) is 0 Å². The zero-order valence-electron chi connectivity index (χ0n) is 20.2. The van der Waals surface area contributed by atoms with Crippen LogP contribution in [0.1, 0.15) is 49.1 Å². The average molecular weight is 526 g/mol. The van der Waals surface area contributed by atoms with Crippen molar-refractivity contribution in [1.82, 2.24) is 15.3 Å². The van der Waals surface area contributed by atoms with Gasteiger partial charge in [0.2, 0.25) is 5.91 Å². The van der Waals surface area contributed by atoms with E-state index in [4.69, 9.17) is 27.9 Å². The molecule has 2 heterocycles. The number of methoxy groups -OCH3 is 1. The Bertz CT molecular complexity index is 1250. The van der Waals surface area contributed by atoms with Crippen molar-refractivity contribution in [3.8, 4) is 17.1 Å². The molecule has 2 aliphatic rings. The molecule has 0 spiro atoms. The molecule has 6 nitrogen and oxygen atoms in total. The molecule has 2 fully saturated rings. The molecule has 36 heavy (non-hydrogen) atoms. The Kier molecular flexibility index (Phi) is 6.95. The van der Waals surface area contributed by atoms with Crippen LogP contribution in [0.25, 0.3) is 11.1 Å². The fraction of sp³-hybridized carbons (Fsp3) is 0.393. The molecule has 0 radical (unpaired) electrons. The van der Waals surface area contributed by atoms with Crippen molar-refractivity contribution in [2.24, 2.45) is 11.3 Å². The first-order valence-electron chi connectivity index (χ1n) is 12.2. The van der Waals surface area contributed by atoms with Gasteiger partial charge in [0, 0.05) is 33.9 Å². The van der Waals surface area contributed by atoms with E-state index in [1.54, 1.807) is 12.4 Å². The molecule has 1 saturated carbocycles. The first-order valence-corrected chi connectivity index (χ1v) is 13.0. The van der Waals surface area contributed by atoms with Gasteiger partial charge >= 0.3 is 6.01 Å². The number of aliphatic hydroxyl groups is 1. The lowest BCUT2D eigenvalue weighted by Crippen LogP contribution is -2.45. The molecule has 0 unspecified atom stereocenters. The number of aliphatic hydroxyl groups excluding tert-OH is 1. The van der Waals surface area contributed by atoms with Crippen molar-refractivity contribution >= 4 is 29.1 Å². The molecular weight excluding hydrogens is 497 g/mol. The van der Waals surface area contributed by atoms with E-state index in [-0.39, 0.29) is 36.3 Å². The Balaban J connectivity index is 1.58. The third-order valence-electron chi connectivity index (χ3n) is 8.19. The van der Waals surface area contributed by atoms with Gasteiger partial charge in [0.25, 0.3) is 0 Å². The van der Waals surface area contributed by atoms with Crippen LogP contribution < -0.4 is 10.1 Å². The molecule has 8 heteroatoms. The normalized spacial score (nSPS) is 27.4. The summed E-state index contributed by atoms with van der Waals surface area (Å²) in [4.78, 5) is 21.6. The second-order valence-corrected chi connectivity index (χ2v) is 10.6. The van der Waals surface area contributed by atoms with Crippen LogP contribution in [0.4, 0.5) is 0 Å². The Morgan fingerprint density at radius 3 is 2.44 bits per heavy atom. The Labute approximate surface area is 221 Å². The summed E-state index contributed by atoms with van der Waals surface area (Å²) >= 11 is 13.2. The minimum atomic E-state index is -0.513. The van der Waals surface area contributed by atoms with Crippen LogP contribution in [0.5, 0.6) is 6.01 Å².